The molecule has 92 valence electrons. The molecule has 1 N–H and O–H groups in total. The van der Waals surface area contributed by atoms with Gasteiger partial charge in [0.25, 0.3) is 0 Å². The van der Waals surface area contributed by atoms with Crippen molar-refractivity contribution in [2.45, 2.75) is 26.0 Å². The summed E-state index contributed by atoms with van der Waals surface area (Å²) in [6.45, 7) is 3.35. The van der Waals surface area contributed by atoms with E-state index in [2.05, 4.69) is 20.9 Å². The zero-order valence-electron chi connectivity index (χ0n) is 9.39. The topological polar surface area (TPSA) is 64.4 Å². The van der Waals surface area contributed by atoms with E-state index in [1.165, 1.54) is 0 Å². The summed E-state index contributed by atoms with van der Waals surface area (Å²) in [6.07, 6.45) is 3.92. The zero-order chi connectivity index (χ0) is 12.4. The number of halogens is 1. The van der Waals surface area contributed by atoms with E-state index in [1.807, 2.05) is 11.5 Å². The van der Waals surface area contributed by atoms with Crippen LogP contribution in [0.4, 0.5) is 0 Å². The van der Waals surface area contributed by atoms with E-state index in [9.17, 15) is 4.79 Å². The number of aryl methyl sites for hydroxylation is 1. The van der Waals surface area contributed by atoms with Crippen LogP contribution in [0.15, 0.2) is 10.8 Å². The van der Waals surface area contributed by atoms with Gasteiger partial charge >= 0.3 is 5.97 Å². The van der Waals surface area contributed by atoms with Crippen molar-refractivity contribution in [2.24, 2.45) is 0 Å². The second-order valence-corrected chi connectivity index (χ2v) is 4.62. The minimum Gasteiger partial charge on any atom is -0.478 e. The highest BCUT2D eigenvalue weighted by Crippen LogP contribution is 2.22. The highest BCUT2D eigenvalue weighted by atomic mass is 79.9. The number of aliphatic carboxylic acids is 1. The first-order valence-corrected chi connectivity index (χ1v) is 6.12. The molecular weight excluding hydrogens is 288 g/mol. The monoisotopic (exact) mass is 300 g/mol. The van der Waals surface area contributed by atoms with Crippen LogP contribution in [0, 0.1) is 6.92 Å². The molecule has 0 aromatic carbocycles. The van der Waals surface area contributed by atoms with Crippen molar-refractivity contribution in [2.75, 3.05) is 6.61 Å². The van der Waals surface area contributed by atoms with E-state index in [0.717, 1.165) is 30.5 Å². The van der Waals surface area contributed by atoms with E-state index >= 15 is 0 Å². The summed E-state index contributed by atoms with van der Waals surface area (Å²) in [5.74, 6) is -0.965. The van der Waals surface area contributed by atoms with Gasteiger partial charge in [0.2, 0.25) is 0 Å². The lowest BCUT2D eigenvalue weighted by Crippen LogP contribution is -2.31. The summed E-state index contributed by atoms with van der Waals surface area (Å²) in [7, 11) is 0. The smallest absolute Gasteiger partial charge is 0.328 e. The van der Waals surface area contributed by atoms with Gasteiger partial charge in [0.15, 0.2) is 4.73 Å². The highest BCUT2D eigenvalue weighted by molar-refractivity contribution is 9.10. The van der Waals surface area contributed by atoms with E-state index in [0.29, 0.717) is 11.3 Å². The molecule has 0 bridgehead atoms. The molecule has 1 aliphatic rings. The summed E-state index contributed by atoms with van der Waals surface area (Å²) in [5.41, 5.74) is 1.60. The molecule has 1 aromatic heterocycles. The maximum absolute atomic E-state index is 10.5. The average Bonchev–Trinajstić information content (AvgIpc) is 2.44. The van der Waals surface area contributed by atoms with Crippen molar-refractivity contribution in [3.63, 3.8) is 0 Å². The van der Waals surface area contributed by atoms with Crippen molar-refractivity contribution in [1.29, 1.82) is 0 Å². The number of ether oxygens (including phenoxy) is 1. The number of aromatic nitrogens is 2. The lowest BCUT2D eigenvalue weighted by Gasteiger charge is -2.27. The van der Waals surface area contributed by atoms with Crippen molar-refractivity contribution >= 4 is 28.0 Å². The van der Waals surface area contributed by atoms with Crippen LogP contribution in [0.25, 0.3) is 6.08 Å². The Morgan fingerprint density at radius 3 is 3.00 bits per heavy atom. The first-order valence-electron chi connectivity index (χ1n) is 5.33. The molecule has 0 radical (unpaired) electrons. The molecule has 1 atom stereocenters. The third-order valence-electron chi connectivity index (χ3n) is 2.71. The number of imidazole rings is 1. The Hall–Kier alpha value is -1.14. The summed E-state index contributed by atoms with van der Waals surface area (Å²) in [5, 5.41) is 8.65. The fourth-order valence-corrected chi connectivity index (χ4v) is 2.32. The Morgan fingerprint density at radius 1 is 1.76 bits per heavy atom. The van der Waals surface area contributed by atoms with E-state index in [1.54, 1.807) is 6.08 Å². The molecular formula is C11H13BrN2O3. The van der Waals surface area contributed by atoms with Crippen molar-refractivity contribution in [3.8, 4) is 0 Å². The molecule has 1 unspecified atom stereocenters. The van der Waals surface area contributed by atoms with Crippen LogP contribution in [0.1, 0.15) is 17.8 Å². The van der Waals surface area contributed by atoms with E-state index < -0.39 is 5.97 Å². The molecule has 0 saturated carbocycles. The maximum atomic E-state index is 10.5. The molecule has 2 rings (SSSR count). The zero-order valence-corrected chi connectivity index (χ0v) is 11.0. The average molecular weight is 301 g/mol. The Balaban J connectivity index is 2.25. The second kappa shape index (κ2) is 5.01. The Morgan fingerprint density at radius 2 is 2.47 bits per heavy atom. The largest absolute Gasteiger partial charge is 0.478 e. The minimum atomic E-state index is -0.965. The number of rotatable bonds is 4. The van der Waals surface area contributed by atoms with Gasteiger partial charge < -0.3 is 14.4 Å². The number of nitrogens with zero attached hydrogens (tertiary/aromatic N) is 2. The van der Waals surface area contributed by atoms with Crippen molar-refractivity contribution < 1.29 is 14.6 Å². The fraction of sp³-hybridized carbons (Fsp3) is 0.455. The number of carboxylic acid groups (broad SMARTS) is 1. The summed E-state index contributed by atoms with van der Waals surface area (Å²) < 4.78 is 8.00. The maximum Gasteiger partial charge on any atom is 0.328 e. The molecule has 2 heterocycles. The van der Waals surface area contributed by atoms with Gasteiger partial charge in [-0.3, -0.25) is 0 Å². The Kier molecular flexibility index (Phi) is 3.63. The SMILES string of the molecule is Cc1nc(Br)n(CC2CCO2)c1/C=C/C(=O)O. The van der Waals surface area contributed by atoms with Crippen molar-refractivity contribution in [3.05, 3.63) is 22.2 Å². The first kappa shape index (κ1) is 12.3. The van der Waals surface area contributed by atoms with Crippen LogP contribution < -0.4 is 0 Å². The number of carboxylic acids is 1. The fourth-order valence-electron chi connectivity index (χ4n) is 1.72. The van der Waals surface area contributed by atoms with Crippen LogP contribution in [0.3, 0.4) is 0 Å². The molecule has 1 saturated heterocycles. The number of carbonyl (C=O) groups is 1. The van der Waals surface area contributed by atoms with Crippen LogP contribution >= 0.6 is 15.9 Å². The van der Waals surface area contributed by atoms with Crippen LogP contribution in [0.2, 0.25) is 0 Å². The summed E-state index contributed by atoms with van der Waals surface area (Å²) in [6, 6.07) is 0. The lowest BCUT2D eigenvalue weighted by atomic mass is 10.2. The second-order valence-electron chi connectivity index (χ2n) is 3.92. The van der Waals surface area contributed by atoms with Gasteiger partial charge in [0, 0.05) is 12.7 Å². The molecule has 17 heavy (non-hydrogen) atoms. The molecule has 1 aromatic rings. The molecule has 1 aliphatic heterocycles. The minimum absolute atomic E-state index is 0.205. The number of hydrogen-bond donors (Lipinski definition) is 1. The molecule has 1 fully saturated rings. The Bertz CT molecular complexity index is 464. The van der Waals surface area contributed by atoms with Gasteiger partial charge in [-0.1, -0.05) is 0 Å². The van der Waals surface area contributed by atoms with Gasteiger partial charge in [-0.05, 0) is 35.4 Å². The molecule has 0 amide bonds. The highest BCUT2D eigenvalue weighted by Gasteiger charge is 2.21. The van der Waals surface area contributed by atoms with Gasteiger partial charge in [0.05, 0.1) is 24.0 Å². The first-order chi connectivity index (χ1) is 8.08. The Labute approximate surface area is 107 Å². The molecule has 6 heteroatoms. The van der Waals surface area contributed by atoms with Crippen LogP contribution in [-0.2, 0) is 16.1 Å². The normalized spacial score (nSPS) is 19.5. The quantitative estimate of drug-likeness (QED) is 0.862. The molecule has 0 spiro atoms. The standard InChI is InChI=1S/C11H13BrN2O3/c1-7-9(2-3-10(15)16)14(11(12)13-7)6-8-4-5-17-8/h2-3,8H,4-6H2,1H3,(H,15,16)/b3-2+. The van der Waals surface area contributed by atoms with E-state index in [-0.39, 0.29) is 6.10 Å². The van der Waals surface area contributed by atoms with Crippen LogP contribution in [0.5, 0.6) is 0 Å². The molecule has 5 nitrogen and oxygen atoms in total. The predicted molar refractivity (Wildman–Crippen MR) is 65.7 cm³/mol. The van der Waals surface area contributed by atoms with Gasteiger partial charge in [-0.25, -0.2) is 9.78 Å². The van der Waals surface area contributed by atoms with E-state index in [4.69, 9.17) is 9.84 Å². The lowest BCUT2D eigenvalue weighted by molar-refractivity contribution is -0.131. The van der Waals surface area contributed by atoms with Gasteiger partial charge in [0.1, 0.15) is 0 Å². The third-order valence-corrected chi connectivity index (χ3v) is 3.31. The third kappa shape index (κ3) is 2.76. The van der Waals surface area contributed by atoms with Crippen molar-refractivity contribution in [1.82, 2.24) is 9.55 Å². The number of hydrogen-bond acceptors (Lipinski definition) is 3. The van der Waals surface area contributed by atoms with Gasteiger partial charge in [-0.2, -0.15) is 0 Å². The summed E-state index contributed by atoms with van der Waals surface area (Å²) in [4.78, 5) is 14.8. The summed E-state index contributed by atoms with van der Waals surface area (Å²) >= 11 is 3.37. The predicted octanol–water partition coefficient (Wildman–Crippen LogP) is 1.84. The molecule has 0 aliphatic carbocycles. The van der Waals surface area contributed by atoms with Gasteiger partial charge in [-0.15, -0.1) is 0 Å². The van der Waals surface area contributed by atoms with Crippen LogP contribution in [-0.4, -0.2) is 33.3 Å².